The van der Waals surface area contributed by atoms with Gasteiger partial charge in [0.05, 0.1) is 15.6 Å². The SMILES string of the molecule is Cc1ccc(-c2ccc(Cl)cc2Cl)n1-c1ccc(S(N)(=O)=O)cc1. The summed E-state index contributed by atoms with van der Waals surface area (Å²) in [7, 11) is -3.72. The van der Waals surface area contributed by atoms with Crippen LogP contribution in [0.25, 0.3) is 16.9 Å². The topological polar surface area (TPSA) is 65.1 Å². The van der Waals surface area contributed by atoms with Crippen LogP contribution in [0, 0.1) is 6.92 Å². The molecule has 2 aromatic carbocycles. The molecule has 0 fully saturated rings. The van der Waals surface area contributed by atoms with Gasteiger partial charge in [-0.15, -0.1) is 0 Å². The van der Waals surface area contributed by atoms with Gasteiger partial charge in [-0.25, -0.2) is 13.6 Å². The largest absolute Gasteiger partial charge is 0.314 e. The zero-order valence-corrected chi connectivity index (χ0v) is 15.0. The number of hydrogen-bond acceptors (Lipinski definition) is 2. The van der Waals surface area contributed by atoms with Crippen LogP contribution in [-0.2, 0) is 10.0 Å². The molecule has 0 amide bonds. The van der Waals surface area contributed by atoms with Crippen LogP contribution < -0.4 is 5.14 Å². The maximum absolute atomic E-state index is 11.4. The molecule has 3 rings (SSSR count). The Morgan fingerprint density at radius 2 is 1.62 bits per heavy atom. The molecular weight excluding hydrogens is 367 g/mol. The van der Waals surface area contributed by atoms with E-state index in [1.807, 2.05) is 29.7 Å². The number of benzene rings is 2. The van der Waals surface area contributed by atoms with Crippen molar-refractivity contribution in [1.29, 1.82) is 0 Å². The highest BCUT2D eigenvalue weighted by Gasteiger charge is 2.14. The average molecular weight is 381 g/mol. The van der Waals surface area contributed by atoms with Crippen molar-refractivity contribution in [3.63, 3.8) is 0 Å². The van der Waals surface area contributed by atoms with Gasteiger partial charge >= 0.3 is 0 Å². The first kappa shape index (κ1) is 17.0. The molecule has 0 atom stereocenters. The third-order valence-corrected chi connectivity index (χ3v) is 5.18. The second-order valence-corrected chi connectivity index (χ2v) is 7.76. The molecule has 24 heavy (non-hydrogen) atoms. The molecule has 0 aliphatic rings. The number of halogens is 2. The van der Waals surface area contributed by atoms with Gasteiger partial charge in [-0.1, -0.05) is 23.2 Å². The van der Waals surface area contributed by atoms with Gasteiger partial charge in [0.1, 0.15) is 0 Å². The monoisotopic (exact) mass is 380 g/mol. The lowest BCUT2D eigenvalue weighted by atomic mass is 10.1. The Morgan fingerprint density at radius 1 is 0.958 bits per heavy atom. The first-order valence-corrected chi connectivity index (χ1v) is 9.34. The van der Waals surface area contributed by atoms with E-state index in [1.165, 1.54) is 12.1 Å². The maximum atomic E-state index is 11.4. The summed E-state index contributed by atoms with van der Waals surface area (Å²) < 4.78 is 24.8. The number of nitrogens with two attached hydrogens (primary N) is 1. The smallest absolute Gasteiger partial charge is 0.238 e. The van der Waals surface area contributed by atoms with Gasteiger partial charge in [0.2, 0.25) is 10.0 Å². The molecular formula is C17H14Cl2N2O2S. The summed E-state index contributed by atoms with van der Waals surface area (Å²) in [5.74, 6) is 0. The molecule has 0 spiro atoms. The number of primary sulfonamides is 1. The maximum Gasteiger partial charge on any atom is 0.238 e. The molecule has 0 radical (unpaired) electrons. The molecule has 0 unspecified atom stereocenters. The lowest BCUT2D eigenvalue weighted by Crippen LogP contribution is -2.12. The highest BCUT2D eigenvalue weighted by Crippen LogP contribution is 2.33. The third kappa shape index (κ3) is 3.21. The fourth-order valence-corrected chi connectivity index (χ4v) is 3.59. The number of sulfonamides is 1. The van der Waals surface area contributed by atoms with Crippen LogP contribution in [0.2, 0.25) is 10.0 Å². The summed E-state index contributed by atoms with van der Waals surface area (Å²) in [6.45, 7) is 1.96. The average Bonchev–Trinajstić information content (AvgIpc) is 2.88. The Labute approximate surface area is 150 Å². The van der Waals surface area contributed by atoms with Crippen LogP contribution in [0.4, 0.5) is 0 Å². The van der Waals surface area contributed by atoms with Crippen molar-refractivity contribution in [3.05, 3.63) is 70.3 Å². The van der Waals surface area contributed by atoms with Crippen molar-refractivity contribution in [2.75, 3.05) is 0 Å². The van der Waals surface area contributed by atoms with E-state index in [2.05, 4.69) is 0 Å². The van der Waals surface area contributed by atoms with Crippen LogP contribution in [0.5, 0.6) is 0 Å². The first-order chi connectivity index (χ1) is 11.3. The van der Waals surface area contributed by atoms with Crippen LogP contribution in [0.15, 0.2) is 59.5 Å². The van der Waals surface area contributed by atoms with Gasteiger partial charge in [0, 0.05) is 22.0 Å². The predicted molar refractivity (Wildman–Crippen MR) is 97.3 cm³/mol. The van der Waals surface area contributed by atoms with Crippen molar-refractivity contribution in [2.24, 2.45) is 5.14 Å². The van der Waals surface area contributed by atoms with E-state index in [4.69, 9.17) is 28.3 Å². The molecule has 1 aromatic heterocycles. The van der Waals surface area contributed by atoms with E-state index in [9.17, 15) is 8.42 Å². The van der Waals surface area contributed by atoms with E-state index in [0.717, 1.165) is 22.6 Å². The van der Waals surface area contributed by atoms with Crippen molar-refractivity contribution in [2.45, 2.75) is 11.8 Å². The second kappa shape index (κ2) is 6.26. The number of nitrogens with zero attached hydrogens (tertiary/aromatic N) is 1. The molecule has 4 nitrogen and oxygen atoms in total. The summed E-state index contributed by atoms with van der Waals surface area (Å²) in [4.78, 5) is 0.0714. The molecule has 124 valence electrons. The van der Waals surface area contributed by atoms with E-state index in [-0.39, 0.29) is 4.90 Å². The normalized spacial score (nSPS) is 11.7. The number of hydrogen-bond donors (Lipinski definition) is 1. The third-order valence-electron chi connectivity index (χ3n) is 3.71. The molecule has 1 heterocycles. The zero-order chi connectivity index (χ0) is 17.5. The second-order valence-electron chi connectivity index (χ2n) is 5.36. The first-order valence-electron chi connectivity index (χ1n) is 7.04. The zero-order valence-electron chi connectivity index (χ0n) is 12.7. The van der Waals surface area contributed by atoms with Crippen LogP contribution >= 0.6 is 23.2 Å². The van der Waals surface area contributed by atoms with Gasteiger partial charge in [0.25, 0.3) is 0 Å². The Morgan fingerprint density at radius 3 is 2.21 bits per heavy atom. The van der Waals surface area contributed by atoms with Crippen molar-refractivity contribution in [1.82, 2.24) is 4.57 Å². The highest BCUT2D eigenvalue weighted by molar-refractivity contribution is 7.89. The van der Waals surface area contributed by atoms with Gasteiger partial charge in [-0.05, 0) is 61.5 Å². The minimum absolute atomic E-state index is 0.0714. The van der Waals surface area contributed by atoms with Crippen molar-refractivity contribution >= 4 is 33.2 Å². The molecule has 0 saturated heterocycles. The summed E-state index contributed by atoms with van der Waals surface area (Å²) >= 11 is 12.3. The fourth-order valence-electron chi connectivity index (χ4n) is 2.57. The van der Waals surface area contributed by atoms with Crippen molar-refractivity contribution in [3.8, 4) is 16.9 Å². The Balaban J connectivity index is 2.14. The molecule has 0 bridgehead atoms. The lowest BCUT2D eigenvalue weighted by molar-refractivity contribution is 0.598. The van der Waals surface area contributed by atoms with Crippen LogP contribution in [-0.4, -0.2) is 13.0 Å². The lowest BCUT2D eigenvalue weighted by Gasteiger charge is -2.14. The van der Waals surface area contributed by atoms with Gasteiger partial charge in [0.15, 0.2) is 0 Å². The van der Waals surface area contributed by atoms with Crippen molar-refractivity contribution < 1.29 is 8.42 Å². The van der Waals surface area contributed by atoms with Gasteiger partial charge in [-0.3, -0.25) is 0 Å². The van der Waals surface area contributed by atoms with Crippen LogP contribution in [0.3, 0.4) is 0 Å². The minimum atomic E-state index is -3.72. The molecule has 2 N–H and O–H groups in total. The van der Waals surface area contributed by atoms with Crippen LogP contribution in [0.1, 0.15) is 5.69 Å². The number of aryl methyl sites for hydroxylation is 1. The molecule has 7 heteroatoms. The summed E-state index contributed by atoms with van der Waals surface area (Å²) in [6, 6.07) is 15.6. The Hall–Kier alpha value is -1.79. The Bertz CT molecular complexity index is 1010. The molecule has 3 aromatic rings. The van der Waals surface area contributed by atoms with Gasteiger partial charge in [-0.2, -0.15) is 0 Å². The quantitative estimate of drug-likeness (QED) is 0.731. The fraction of sp³-hybridized carbons (Fsp3) is 0.0588. The standard InChI is InChI=1S/C17H14Cl2N2O2S/c1-11-2-9-17(15-8-3-12(18)10-16(15)19)21(11)13-4-6-14(7-5-13)24(20,22)23/h2-10H,1H3,(H2,20,22,23). The highest BCUT2D eigenvalue weighted by atomic mass is 35.5. The number of aromatic nitrogens is 1. The summed E-state index contributed by atoms with van der Waals surface area (Å²) in [5, 5.41) is 6.26. The minimum Gasteiger partial charge on any atom is -0.314 e. The summed E-state index contributed by atoms with van der Waals surface area (Å²) in [5.41, 5.74) is 3.52. The van der Waals surface area contributed by atoms with E-state index in [0.29, 0.717) is 10.0 Å². The van der Waals surface area contributed by atoms with E-state index < -0.39 is 10.0 Å². The summed E-state index contributed by atoms with van der Waals surface area (Å²) in [6.07, 6.45) is 0. The van der Waals surface area contributed by atoms with E-state index in [1.54, 1.807) is 24.3 Å². The number of rotatable bonds is 3. The molecule has 0 aliphatic carbocycles. The predicted octanol–water partition coefficient (Wildman–Crippen LogP) is 4.41. The molecule has 0 aliphatic heterocycles. The molecule has 0 saturated carbocycles. The van der Waals surface area contributed by atoms with Gasteiger partial charge < -0.3 is 4.57 Å². The Kier molecular flexibility index (Phi) is 4.44. The van der Waals surface area contributed by atoms with E-state index >= 15 is 0 Å².